The number of nitrogens with zero attached hydrogens (tertiary/aromatic N) is 4. The summed E-state index contributed by atoms with van der Waals surface area (Å²) in [4.78, 5) is 37.1. The number of primary sulfonamides is 1. The van der Waals surface area contributed by atoms with Crippen molar-refractivity contribution in [3.63, 3.8) is 0 Å². The zero-order chi connectivity index (χ0) is 22.3. The number of pyridine rings is 1. The van der Waals surface area contributed by atoms with Crippen LogP contribution in [0.4, 0.5) is 5.69 Å². The number of hydrogen-bond acceptors (Lipinski definition) is 8. The summed E-state index contributed by atoms with van der Waals surface area (Å²) in [5, 5.41) is 5.05. The number of thiophene rings is 1. The van der Waals surface area contributed by atoms with Crippen molar-refractivity contribution in [3.8, 4) is 0 Å². The summed E-state index contributed by atoms with van der Waals surface area (Å²) in [5.74, 6) is -0.414. The van der Waals surface area contributed by atoms with Crippen LogP contribution in [0.25, 0.3) is 10.2 Å². The lowest BCUT2D eigenvalue weighted by Gasteiger charge is -2.17. The molecule has 3 aromatic heterocycles. The van der Waals surface area contributed by atoms with Crippen LogP contribution in [0.3, 0.4) is 0 Å². The van der Waals surface area contributed by atoms with E-state index in [9.17, 15) is 18.0 Å². The Morgan fingerprint density at radius 2 is 2.16 bits per heavy atom. The van der Waals surface area contributed by atoms with E-state index >= 15 is 0 Å². The van der Waals surface area contributed by atoms with Crippen molar-refractivity contribution in [1.82, 2.24) is 14.5 Å². The van der Waals surface area contributed by atoms with Crippen LogP contribution in [0.2, 0.25) is 0 Å². The average Bonchev–Trinajstić information content (AvgIpc) is 3.36. The van der Waals surface area contributed by atoms with Gasteiger partial charge in [0.25, 0.3) is 21.5 Å². The molecular weight excluding hydrogens is 442 g/mol. The van der Waals surface area contributed by atoms with E-state index in [2.05, 4.69) is 9.97 Å². The Hall–Kier alpha value is -2.67. The summed E-state index contributed by atoms with van der Waals surface area (Å²) in [6.07, 6.45) is 4.54. The number of amides is 1. The fourth-order valence-corrected chi connectivity index (χ4v) is 4.99. The molecule has 0 radical (unpaired) electrons. The van der Waals surface area contributed by atoms with E-state index in [4.69, 9.17) is 9.88 Å². The summed E-state index contributed by atoms with van der Waals surface area (Å²) < 4.78 is 29.9. The lowest BCUT2D eigenvalue weighted by atomic mass is 10.1. The third-order valence-electron chi connectivity index (χ3n) is 5.20. The molecule has 0 saturated carbocycles. The number of fused-ring (bicyclic) bond motifs is 1. The third kappa shape index (κ3) is 4.11. The molecule has 1 unspecified atom stereocenters. The summed E-state index contributed by atoms with van der Waals surface area (Å²) in [7, 11) is -2.41. The minimum Gasteiger partial charge on any atom is -0.376 e. The maximum Gasteiger partial charge on any atom is 0.262 e. The van der Waals surface area contributed by atoms with Gasteiger partial charge < -0.3 is 9.64 Å². The lowest BCUT2D eigenvalue weighted by Crippen LogP contribution is -2.30. The third-order valence-corrected chi connectivity index (χ3v) is 7.03. The molecule has 4 rings (SSSR count). The molecule has 1 aliphatic rings. The van der Waals surface area contributed by atoms with Crippen molar-refractivity contribution >= 4 is 43.2 Å². The average molecular weight is 464 g/mol. The van der Waals surface area contributed by atoms with Crippen LogP contribution < -0.4 is 15.6 Å². The molecule has 0 spiro atoms. The second-order valence-electron chi connectivity index (χ2n) is 7.31. The predicted octanol–water partition coefficient (Wildman–Crippen LogP) is 1.26. The zero-order valence-electron chi connectivity index (χ0n) is 16.9. The van der Waals surface area contributed by atoms with Crippen LogP contribution in [-0.2, 0) is 21.3 Å². The van der Waals surface area contributed by atoms with Gasteiger partial charge in [-0.2, -0.15) is 0 Å². The fourth-order valence-electron chi connectivity index (χ4n) is 3.56. The Morgan fingerprint density at radius 3 is 2.77 bits per heavy atom. The number of nitrogens with two attached hydrogens (primary N) is 1. The summed E-state index contributed by atoms with van der Waals surface area (Å²) >= 11 is 1.28. The number of aromatic nitrogens is 3. The Kier molecular flexibility index (Phi) is 5.64. The van der Waals surface area contributed by atoms with Crippen molar-refractivity contribution in [2.45, 2.75) is 37.4 Å². The highest BCUT2D eigenvalue weighted by Crippen LogP contribution is 2.29. The van der Waals surface area contributed by atoms with Crippen molar-refractivity contribution in [2.24, 2.45) is 5.14 Å². The molecule has 1 saturated heterocycles. The number of carbonyl (C=O) groups is 1. The minimum absolute atomic E-state index is 0.0399. The molecular formula is C19H21N5O5S2. The number of sulfonamides is 1. The second kappa shape index (κ2) is 8.11. The van der Waals surface area contributed by atoms with Crippen molar-refractivity contribution in [3.05, 3.63) is 45.5 Å². The molecule has 31 heavy (non-hydrogen) atoms. The van der Waals surface area contributed by atoms with E-state index < -0.39 is 15.9 Å². The molecule has 3 aromatic rings. The second-order valence-corrected chi connectivity index (χ2v) is 10.0. The Labute approximate surface area is 182 Å². The smallest absolute Gasteiger partial charge is 0.262 e. The van der Waals surface area contributed by atoms with E-state index in [1.165, 1.54) is 52.5 Å². The normalized spacial score (nSPS) is 16.7. The van der Waals surface area contributed by atoms with Gasteiger partial charge in [-0.05, 0) is 31.9 Å². The molecule has 0 aliphatic carbocycles. The molecule has 1 amide bonds. The van der Waals surface area contributed by atoms with Crippen LogP contribution in [0.15, 0.2) is 34.5 Å². The molecule has 12 heteroatoms. The number of hydrogen-bond donors (Lipinski definition) is 1. The van der Waals surface area contributed by atoms with Gasteiger partial charge in [-0.3, -0.25) is 14.2 Å². The lowest BCUT2D eigenvalue weighted by molar-refractivity contribution is 0.0960. The zero-order valence-corrected chi connectivity index (χ0v) is 18.6. The molecule has 0 bridgehead atoms. The first-order valence-electron chi connectivity index (χ1n) is 9.54. The fraction of sp³-hybridized carbons (Fsp3) is 0.368. The predicted molar refractivity (Wildman–Crippen MR) is 116 cm³/mol. The van der Waals surface area contributed by atoms with E-state index in [-0.39, 0.29) is 27.6 Å². The van der Waals surface area contributed by atoms with Crippen molar-refractivity contribution in [1.29, 1.82) is 0 Å². The highest BCUT2D eigenvalue weighted by molar-refractivity contribution is 7.89. The van der Waals surface area contributed by atoms with Gasteiger partial charge in [0.05, 0.1) is 41.8 Å². The Morgan fingerprint density at radius 1 is 1.39 bits per heavy atom. The highest BCUT2D eigenvalue weighted by atomic mass is 32.2. The van der Waals surface area contributed by atoms with Crippen LogP contribution >= 0.6 is 11.3 Å². The first kappa shape index (κ1) is 21.6. The summed E-state index contributed by atoms with van der Waals surface area (Å²) in [6, 6.07) is 2.66. The van der Waals surface area contributed by atoms with Gasteiger partial charge in [0.1, 0.15) is 4.83 Å². The molecule has 164 valence electrons. The summed E-state index contributed by atoms with van der Waals surface area (Å²) in [6.45, 7) is 2.83. The number of anilines is 1. The minimum atomic E-state index is -3.94. The number of ether oxygens (including phenoxy) is 1. The molecule has 1 fully saturated rings. The largest absolute Gasteiger partial charge is 0.376 e. The topological polar surface area (TPSA) is 137 Å². The number of carbonyl (C=O) groups excluding carboxylic acids is 1. The standard InChI is InChI=1S/C19H21N5O5S2/c1-11-15(18(25)23(2)12-5-6-14(21-8-12)31(20,27)28)16-17(30-11)22-10-24(19(16)26)9-13-4-3-7-29-13/h5-6,8,10,13H,3-4,7,9H2,1-2H3,(H2,20,27,28). The van der Waals surface area contributed by atoms with E-state index in [0.29, 0.717) is 28.5 Å². The van der Waals surface area contributed by atoms with Gasteiger partial charge in [-0.15, -0.1) is 11.3 Å². The monoisotopic (exact) mass is 463 g/mol. The highest BCUT2D eigenvalue weighted by Gasteiger charge is 2.26. The van der Waals surface area contributed by atoms with Gasteiger partial charge in [-0.25, -0.2) is 23.5 Å². The maximum absolute atomic E-state index is 13.3. The Bertz CT molecular complexity index is 1310. The van der Waals surface area contributed by atoms with Gasteiger partial charge >= 0.3 is 0 Å². The Balaban J connectivity index is 1.71. The molecule has 1 atom stereocenters. The van der Waals surface area contributed by atoms with Crippen molar-refractivity contribution < 1.29 is 17.9 Å². The van der Waals surface area contributed by atoms with E-state index in [1.807, 2.05) is 0 Å². The van der Waals surface area contributed by atoms with Gasteiger partial charge in [0.15, 0.2) is 5.03 Å². The van der Waals surface area contributed by atoms with Crippen LogP contribution in [-0.4, -0.2) is 48.6 Å². The first-order valence-corrected chi connectivity index (χ1v) is 11.9. The van der Waals surface area contributed by atoms with E-state index in [1.54, 1.807) is 6.92 Å². The summed E-state index contributed by atoms with van der Waals surface area (Å²) in [5.41, 5.74) is 0.348. The SMILES string of the molecule is Cc1sc2ncn(CC3CCCO3)c(=O)c2c1C(=O)N(C)c1ccc(S(N)(=O)=O)nc1. The number of aryl methyl sites for hydroxylation is 1. The molecule has 10 nitrogen and oxygen atoms in total. The molecule has 1 aliphatic heterocycles. The molecule has 2 N–H and O–H groups in total. The van der Waals surface area contributed by atoms with Crippen molar-refractivity contribution in [2.75, 3.05) is 18.6 Å². The quantitative estimate of drug-likeness (QED) is 0.601. The molecule has 0 aromatic carbocycles. The van der Waals surface area contributed by atoms with E-state index in [0.717, 1.165) is 12.8 Å². The van der Waals surface area contributed by atoms with Crippen LogP contribution in [0, 0.1) is 6.92 Å². The van der Waals surface area contributed by atoms with Gasteiger partial charge in [-0.1, -0.05) is 0 Å². The number of rotatable bonds is 5. The van der Waals surface area contributed by atoms with Crippen LogP contribution in [0.5, 0.6) is 0 Å². The van der Waals surface area contributed by atoms with Crippen LogP contribution in [0.1, 0.15) is 28.1 Å². The van der Waals surface area contributed by atoms with Gasteiger partial charge in [0, 0.05) is 18.5 Å². The van der Waals surface area contributed by atoms with Gasteiger partial charge in [0.2, 0.25) is 0 Å². The first-order chi connectivity index (χ1) is 14.7. The maximum atomic E-state index is 13.3. The molecule has 4 heterocycles.